The van der Waals surface area contributed by atoms with Crippen LogP contribution in [0.1, 0.15) is 58.6 Å². The Hall–Kier alpha value is -7.25. The second-order valence-corrected chi connectivity index (χ2v) is 12.7. The Kier molecular flexibility index (Phi) is 16.9. The van der Waals surface area contributed by atoms with E-state index in [-0.39, 0.29) is 63.3 Å². The number of amides is 3. The van der Waals surface area contributed by atoms with Gasteiger partial charge in [-0.05, 0) is 42.3 Å². The van der Waals surface area contributed by atoms with Crippen LogP contribution < -0.4 is 30.3 Å². The summed E-state index contributed by atoms with van der Waals surface area (Å²) in [6.07, 6.45) is 4.10. The van der Waals surface area contributed by atoms with Crippen LogP contribution in [0.2, 0.25) is 0 Å². The van der Waals surface area contributed by atoms with Crippen LogP contribution in [0, 0.1) is 0 Å². The number of nitrogens with zero attached hydrogens (tertiary/aromatic N) is 8. The van der Waals surface area contributed by atoms with E-state index in [0.29, 0.717) is 47.8 Å². The number of aromatic nitrogens is 6. The fourth-order valence-corrected chi connectivity index (χ4v) is 5.56. The Morgan fingerprint density at radius 1 is 0.721 bits per heavy atom. The first-order valence-electron chi connectivity index (χ1n) is 18.3. The number of halogens is 1. The third kappa shape index (κ3) is 12.1. The van der Waals surface area contributed by atoms with Crippen molar-refractivity contribution >= 4 is 47.7 Å². The highest BCUT2D eigenvalue weighted by atomic mass is 35.5. The number of ether oxygens (including phenoxy) is 3. The summed E-state index contributed by atoms with van der Waals surface area (Å²) in [4.78, 5) is 59.0. The number of esters is 1. The molecule has 0 saturated carbocycles. The zero-order chi connectivity index (χ0) is 41.7. The van der Waals surface area contributed by atoms with E-state index in [9.17, 15) is 19.2 Å². The number of benzene rings is 2. The summed E-state index contributed by atoms with van der Waals surface area (Å²) in [6.45, 7) is 2.18. The Bertz CT molecular complexity index is 2360. The van der Waals surface area contributed by atoms with E-state index in [1.807, 2.05) is 60.7 Å². The van der Waals surface area contributed by atoms with Crippen LogP contribution in [-0.2, 0) is 27.2 Å². The minimum Gasteiger partial charge on any atom is -0.488 e. The van der Waals surface area contributed by atoms with Gasteiger partial charge in [0.2, 0.25) is 17.7 Å². The van der Waals surface area contributed by atoms with Gasteiger partial charge in [0.05, 0.1) is 19.4 Å². The summed E-state index contributed by atoms with van der Waals surface area (Å²) in [6, 6.07) is 24.7. The minimum absolute atomic E-state index is 0. The van der Waals surface area contributed by atoms with Crippen LogP contribution >= 0.6 is 12.4 Å². The number of hydrogen-bond acceptors (Lipinski definition) is 16. The van der Waals surface area contributed by atoms with E-state index in [1.54, 1.807) is 57.7 Å². The zero-order valence-corrected chi connectivity index (χ0v) is 33.5. The second kappa shape index (κ2) is 22.2. The molecule has 2 aromatic carbocycles. The smallest absolute Gasteiger partial charge is 0.396 e. The SMILES string of the molecule is C.CCOC(=O)c1nnc(Cc2ccccc2)o1.CN1C(=O)[C@@H](N)COc2cccnc21.CN1C(=O)[C@@H](NC(=O)c2nnc(Cc3ccccc3)o2)COc2cccnc21.Cl. The van der Waals surface area contributed by atoms with Crippen LogP contribution in [0.5, 0.6) is 11.5 Å². The maximum atomic E-state index is 12.6. The third-order valence-corrected chi connectivity index (χ3v) is 8.52. The molecule has 0 unspecified atom stereocenters. The number of nitrogens with two attached hydrogens (primary N) is 1. The molecule has 2 atom stereocenters. The lowest BCUT2D eigenvalue weighted by Crippen LogP contribution is -2.49. The maximum Gasteiger partial charge on any atom is 0.396 e. The van der Waals surface area contributed by atoms with Crippen LogP contribution in [-0.4, -0.2) is 100 Å². The molecule has 20 heteroatoms. The topological polar surface area (TPSA) is 244 Å². The molecule has 6 aromatic rings. The van der Waals surface area contributed by atoms with Crippen LogP contribution in [0.3, 0.4) is 0 Å². The maximum absolute atomic E-state index is 12.6. The van der Waals surface area contributed by atoms with Gasteiger partial charge in [0.15, 0.2) is 23.1 Å². The average Bonchev–Trinajstić information content (AvgIpc) is 3.90. The predicted molar refractivity (Wildman–Crippen MR) is 223 cm³/mol. The lowest BCUT2D eigenvalue weighted by Gasteiger charge is -2.18. The summed E-state index contributed by atoms with van der Waals surface area (Å²) in [7, 11) is 3.22. The average molecular weight is 857 g/mol. The van der Waals surface area contributed by atoms with Gasteiger partial charge in [0, 0.05) is 26.5 Å². The third-order valence-electron chi connectivity index (χ3n) is 8.52. The van der Waals surface area contributed by atoms with Crippen molar-refractivity contribution in [3.63, 3.8) is 0 Å². The Balaban J connectivity index is 0.000000213. The molecule has 0 aliphatic carbocycles. The molecule has 4 aromatic heterocycles. The predicted octanol–water partition coefficient (Wildman–Crippen LogP) is 3.87. The highest BCUT2D eigenvalue weighted by Crippen LogP contribution is 2.28. The first-order valence-corrected chi connectivity index (χ1v) is 18.3. The number of nitrogens with one attached hydrogen (secondary N) is 1. The molecule has 6 heterocycles. The summed E-state index contributed by atoms with van der Waals surface area (Å²) in [5.74, 6) is 0.636. The fraction of sp³-hybridized carbons (Fsp3) is 0.268. The normalized spacial score (nSPS) is 15.1. The second-order valence-electron chi connectivity index (χ2n) is 12.7. The van der Waals surface area contributed by atoms with Crippen molar-refractivity contribution in [3.05, 3.63) is 132 Å². The number of pyridine rings is 2. The van der Waals surface area contributed by atoms with Gasteiger partial charge in [0.25, 0.3) is 5.91 Å². The number of carbonyl (C=O) groups is 4. The standard InChI is InChI=1S/C19H17N5O4.C12H12N2O3.C9H11N3O2.CH4.ClH/c1-24-16-14(8-5-9-20-16)27-11-13(19(24)26)21-17(25)18-23-22-15(28-18)10-12-6-3-2-4-7-12;1-2-16-12(15)11-14-13-10(17-11)8-9-6-4-3-5-7-9;1-12-8-7(3-2-4-11-8)14-5-6(10)9(12)13;;/h2-9,13H,10-11H2,1H3,(H,21,25);3-7H,2,8H2,1H3;2-4,6H,5,10H2,1H3;1H4;1H/t13-;;6-;;/m0.0../s1. The van der Waals surface area contributed by atoms with E-state index in [4.69, 9.17) is 28.8 Å². The van der Waals surface area contributed by atoms with Crippen molar-refractivity contribution < 1.29 is 42.2 Å². The molecule has 2 aliphatic heterocycles. The van der Waals surface area contributed by atoms with Crippen LogP contribution in [0.15, 0.2) is 106 Å². The van der Waals surface area contributed by atoms with Gasteiger partial charge >= 0.3 is 23.7 Å². The molecule has 3 amide bonds. The number of rotatable bonds is 8. The van der Waals surface area contributed by atoms with Crippen molar-refractivity contribution in [2.24, 2.45) is 5.73 Å². The Morgan fingerprint density at radius 3 is 1.75 bits per heavy atom. The molecule has 0 saturated heterocycles. The largest absolute Gasteiger partial charge is 0.488 e. The molecule has 320 valence electrons. The van der Waals surface area contributed by atoms with Crippen molar-refractivity contribution in [1.82, 2.24) is 35.7 Å². The minimum atomic E-state index is -0.906. The number of anilines is 2. The van der Waals surface area contributed by atoms with Gasteiger partial charge in [-0.3, -0.25) is 24.2 Å². The van der Waals surface area contributed by atoms with Gasteiger partial charge in [-0.25, -0.2) is 14.8 Å². The molecule has 3 N–H and O–H groups in total. The summed E-state index contributed by atoms with van der Waals surface area (Å²) >= 11 is 0. The van der Waals surface area contributed by atoms with E-state index < -0.39 is 24.0 Å². The van der Waals surface area contributed by atoms with Gasteiger partial charge in [0.1, 0.15) is 25.3 Å². The fourth-order valence-electron chi connectivity index (χ4n) is 5.56. The number of likely N-dealkylation sites (N-methyl/N-ethyl adjacent to an activating group) is 2. The number of carbonyl (C=O) groups excluding carboxylic acids is 4. The molecular formula is C41H45ClN10O9. The van der Waals surface area contributed by atoms with Crippen molar-refractivity contribution in [1.29, 1.82) is 0 Å². The van der Waals surface area contributed by atoms with Gasteiger partial charge in [-0.15, -0.1) is 32.8 Å². The molecule has 61 heavy (non-hydrogen) atoms. The summed E-state index contributed by atoms with van der Waals surface area (Å²) in [5.41, 5.74) is 7.64. The quantitative estimate of drug-likeness (QED) is 0.206. The molecule has 0 spiro atoms. The van der Waals surface area contributed by atoms with Gasteiger partial charge in [-0.2, -0.15) is 0 Å². The van der Waals surface area contributed by atoms with Crippen LogP contribution in [0.4, 0.5) is 11.6 Å². The van der Waals surface area contributed by atoms with E-state index in [2.05, 4.69) is 35.7 Å². The van der Waals surface area contributed by atoms with E-state index in [0.717, 1.165) is 11.1 Å². The molecule has 2 aliphatic rings. The molecule has 19 nitrogen and oxygen atoms in total. The molecule has 0 fully saturated rings. The van der Waals surface area contributed by atoms with Crippen molar-refractivity contribution in [2.75, 3.05) is 43.7 Å². The lowest BCUT2D eigenvalue weighted by molar-refractivity contribution is -0.121. The van der Waals surface area contributed by atoms with Gasteiger partial charge < -0.3 is 34.1 Å². The van der Waals surface area contributed by atoms with Crippen molar-refractivity contribution in [3.8, 4) is 11.5 Å². The van der Waals surface area contributed by atoms with E-state index in [1.165, 1.54) is 9.80 Å². The van der Waals surface area contributed by atoms with Crippen molar-refractivity contribution in [2.45, 2.75) is 39.3 Å². The van der Waals surface area contributed by atoms with E-state index >= 15 is 0 Å². The summed E-state index contributed by atoms with van der Waals surface area (Å²) in [5, 5.41) is 17.7. The first kappa shape index (κ1) is 46.4. The Morgan fingerprint density at radius 2 is 1.21 bits per heavy atom. The highest BCUT2D eigenvalue weighted by molar-refractivity contribution is 6.01. The molecule has 0 bridgehead atoms. The molecular weight excluding hydrogens is 812 g/mol. The Labute approximate surface area is 357 Å². The molecule has 8 rings (SSSR count). The number of hydrogen-bond donors (Lipinski definition) is 2. The monoisotopic (exact) mass is 856 g/mol. The van der Waals surface area contributed by atoms with Crippen LogP contribution in [0.25, 0.3) is 0 Å². The highest BCUT2D eigenvalue weighted by Gasteiger charge is 2.33. The lowest BCUT2D eigenvalue weighted by atomic mass is 10.2. The number of fused-ring (bicyclic) bond motifs is 2. The van der Waals surface area contributed by atoms with Gasteiger partial charge in [-0.1, -0.05) is 68.1 Å². The molecule has 0 radical (unpaired) electrons. The summed E-state index contributed by atoms with van der Waals surface area (Å²) < 4.78 is 26.4. The zero-order valence-electron chi connectivity index (χ0n) is 32.7. The first-order chi connectivity index (χ1) is 28.6.